The van der Waals surface area contributed by atoms with Crippen molar-refractivity contribution in [3.8, 4) is 0 Å². The summed E-state index contributed by atoms with van der Waals surface area (Å²) in [4.78, 5) is 38.2. The molecule has 6 heteroatoms. The van der Waals surface area contributed by atoms with E-state index < -0.39 is 6.10 Å². The lowest BCUT2D eigenvalue weighted by atomic mass is 10.0. The molecule has 0 rings (SSSR count). The maximum Gasteiger partial charge on any atom is 0.306 e. The van der Waals surface area contributed by atoms with Gasteiger partial charge in [0.1, 0.15) is 13.2 Å². The Bertz CT molecular complexity index is 1380. The summed E-state index contributed by atoms with van der Waals surface area (Å²) in [5, 5.41) is 0. The summed E-state index contributed by atoms with van der Waals surface area (Å²) in [7, 11) is 0. The van der Waals surface area contributed by atoms with E-state index in [0.717, 1.165) is 103 Å². The predicted octanol–water partition coefficient (Wildman–Crippen LogP) is 20.7. The Hall–Kier alpha value is -3.41. The summed E-state index contributed by atoms with van der Waals surface area (Å²) in [6.07, 6.45) is 78.7. The van der Waals surface area contributed by atoms with Crippen LogP contribution in [0.5, 0.6) is 0 Å². The van der Waals surface area contributed by atoms with Gasteiger partial charge in [-0.25, -0.2) is 0 Å². The van der Waals surface area contributed by atoms with Crippen LogP contribution in [0.2, 0.25) is 0 Å². The number of carbonyl (C=O) groups is 3. The molecule has 0 N–H and O–H groups in total. The molecule has 0 aromatic heterocycles. The van der Waals surface area contributed by atoms with Crippen molar-refractivity contribution in [2.24, 2.45) is 0 Å². The number of hydrogen-bond donors (Lipinski definition) is 0. The van der Waals surface area contributed by atoms with Crippen LogP contribution in [0.15, 0.2) is 85.1 Å². The quantitative estimate of drug-likeness (QED) is 0.0261. The third-order valence-electron chi connectivity index (χ3n) is 13.1. The van der Waals surface area contributed by atoms with Crippen LogP contribution in [0.25, 0.3) is 0 Å². The fraction of sp³-hybridized carbons (Fsp3) is 0.742. The highest BCUT2D eigenvalue weighted by atomic mass is 16.6. The Labute approximate surface area is 445 Å². The Morgan fingerprint density at radius 1 is 0.292 bits per heavy atom. The topological polar surface area (TPSA) is 78.9 Å². The third kappa shape index (κ3) is 57.5. The molecule has 414 valence electrons. The number of carbonyl (C=O) groups excluding carboxylic acids is 3. The zero-order valence-electron chi connectivity index (χ0n) is 47.4. The minimum absolute atomic E-state index is 0.102. The summed E-state index contributed by atoms with van der Waals surface area (Å²) in [5.74, 6) is -0.964. The molecule has 0 aromatic rings. The molecule has 0 saturated carbocycles. The normalized spacial score (nSPS) is 12.7. The first-order valence-corrected chi connectivity index (χ1v) is 30.6. The van der Waals surface area contributed by atoms with Crippen molar-refractivity contribution >= 4 is 17.9 Å². The van der Waals surface area contributed by atoms with Gasteiger partial charge in [0.15, 0.2) is 6.10 Å². The van der Waals surface area contributed by atoms with Crippen molar-refractivity contribution in [2.75, 3.05) is 13.2 Å². The van der Waals surface area contributed by atoms with E-state index in [1.165, 1.54) is 148 Å². The van der Waals surface area contributed by atoms with Gasteiger partial charge in [-0.1, -0.05) is 273 Å². The molecule has 72 heavy (non-hydrogen) atoms. The van der Waals surface area contributed by atoms with Crippen LogP contribution >= 0.6 is 0 Å². The van der Waals surface area contributed by atoms with E-state index in [0.29, 0.717) is 19.3 Å². The minimum atomic E-state index is -0.812. The van der Waals surface area contributed by atoms with Gasteiger partial charge in [-0.2, -0.15) is 0 Å². The molecule has 0 fully saturated rings. The summed E-state index contributed by atoms with van der Waals surface area (Å²) in [6.45, 7) is 6.48. The van der Waals surface area contributed by atoms with Crippen LogP contribution in [-0.4, -0.2) is 37.2 Å². The van der Waals surface area contributed by atoms with E-state index in [1.54, 1.807) is 0 Å². The van der Waals surface area contributed by atoms with Gasteiger partial charge in [-0.3, -0.25) is 14.4 Å². The Kier molecular flexibility index (Phi) is 57.3. The molecule has 0 bridgehead atoms. The second-order valence-electron chi connectivity index (χ2n) is 20.2. The maximum atomic E-state index is 12.9. The molecular formula is C66H114O6. The molecule has 1 atom stereocenters. The van der Waals surface area contributed by atoms with Crippen molar-refractivity contribution < 1.29 is 28.6 Å². The SMILES string of the molecule is CC/C=C\C/C=C\C/C=C\C/C=C\C/C=C\CCCC(=O)OC(COC(=O)CCCCCCC/C=C\C/C=C\CCCCCC)COC(=O)CCCCCCCCCCCCCCCCCCCCCCC. The molecule has 0 aliphatic rings. The molecule has 0 amide bonds. The predicted molar refractivity (Wildman–Crippen MR) is 311 cm³/mol. The van der Waals surface area contributed by atoms with Crippen LogP contribution in [0.3, 0.4) is 0 Å². The van der Waals surface area contributed by atoms with Gasteiger partial charge in [0.2, 0.25) is 0 Å². The van der Waals surface area contributed by atoms with E-state index in [4.69, 9.17) is 14.2 Å². The van der Waals surface area contributed by atoms with Gasteiger partial charge in [0.25, 0.3) is 0 Å². The highest BCUT2D eigenvalue weighted by Crippen LogP contribution is 2.16. The first kappa shape index (κ1) is 68.6. The van der Waals surface area contributed by atoms with Crippen molar-refractivity contribution in [1.29, 1.82) is 0 Å². The Morgan fingerprint density at radius 3 is 0.903 bits per heavy atom. The van der Waals surface area contributed by atoms with Crippen molar-refractivity contribution in [2.45, 2.75) is 303 Å². The average molecular weight is 1000 g/mol. The van der Waals surface area contributed by atoms with E-state index >= 15 is 0 Å². The van der Waals surface area contributed by atoms with Crippen LogP contribution in [0, 0.1) is 0 Å². The summed E-state index contributed by atoms with van der Waals surface area (Å²) in [5.41, 5.74) is 0. The van der Waals surface area contributed by atoms with Gasteiger partial charge in [0.05, 0.1) is 0 Å². The third-order valence-corrected chi connectivity index (χ3v) is 13.1. The largest absolute Gasteiger partial charge is 0.462 e. The molecule has 0 aliphatic heterocycles. The highest BCUT2D eigenvalue weighted by Gasteiger charge is 2.19. The number of unbranched alkanes of at least 4 members (excludes halogenated alkanes) is 30. The van der Waals surface area contributed by atoms with E-state index in [-0.39, 0.29) is 37.5 Å². The monoisotopic (exact) mass is 1000 g/mol. The number of esters is 3. The number of allylic oxidation sites excluding steroid dienone is 14. The zero-order valence-corrected chi connectivity index (χ0v) is 47.4. The van der Waals surface area contributed by atoms with Gasteiger partial charge < -0.3 is 14.2 Å². The fourth-order valence-electron chi connectivity index (χ4n) is 8.57. The van der Waals surface area contributed by atoms with Crippen LogP contribution in [0.4, 0.5) is 0 Å². The molecule has 0 spiro atoms. The van der Waals surface area contributed by atoms with E-state index in [2.05, 4.69) is 106 Å². The lowest BCUT2D eigenvalue weighted by molar-refractivity contribution is -0.167. The van der Waals surface area contributed by atoms with Gasteiger partial charge in [-0.05, 0) is 89.9 Å². The standard InChI is InChI=1S/C66H114O6/c1-4-7-10-13-16-19-22-25-28-31-32-33-34-36-38-41-44-47-50-53-56-59-65(68)71-62-63(61-70-64(67)58-55-52-49-46-43-40-37-30-27-24-21-18-15-12-9-6-3)72-66(69)60-57-54-51-48-45-42-39-35-29-26-23-20-17-14-11-8-5-2/h8,11,17,20-21,24,26,29-30,37,39,42,48,51,63H,4-7,9-10,12-16,18-19,22-23,25,27-28,31-36,38,40-41,43-47,49-50,52-62H2,1-3H3/b11-8-,20-17-,24-21-,29-26-,37-30-,42-39-,51-48-. The van der Waals surface area contributed by atoms with Crippen LogP contribution in [0.1, 0.15) is 297 Å². The lowest BCUT2D eigenvalue weighted by Crippen LogP contribution is -2.30. The smallest absolute Gasteiger partial charge is 0.306 e. The number of hydrogen-bond acceptors (Lipinski definition) is 6. The molecule has 0 radical (unpaired) electrons. The molecular weight excluding hydrogens is 889 g/mol. The maximum absolute atomic E-state index is 12.9. The Balaban J connectivity index is 4.43. The number of rotatable bonds is 55. The molecule has 0 heterocycles. The summed E-state index contributed by atoms with van der Waals surface area (Å²) >= 11 is 0. The van der Waals surface area contributed by atoms with Crippen LogP contribution in [-0.2, 0) is 28.6 Å². The average Bonchev–Trinajstić information content (AvgIpc) is 3.38. The van der Waals surface area contributed by atoms with E-state index in [9.17, 15) is 14.4 Å². The highest BCUT2D eigenvalue weighted by molar-refractivity contribution is 5.71. The van der Waals surface area contributed by atoms with Crippen molar-refractivity contribution in [3.63, 3.8) is 0 Å². The second-order valence-corrected chi connectivity index (χ2v) is 20.2. The van der Waals surface area contributed by atoms with Crippen molar-refractivity contribution in [1.82, 2.24) is 0 Å². The number of ether oxygens (including phenoxy) is 3. The fourth-order valence-corrected chi connectivity index (χ4v) is 8.57. The molecule has 0 aromatic carbocycles. The first-order valence-electron chi connectivity index (χ1n) is 30.6. The van der Waals surface area contributed by atoms with E-state index in [1.807, 2.05) is 0 Å². The minimum Gasteiger partial charge on any atom is -0.462 e. The molecule has 1 unspecified atom stereocenters. The second kappa shape index (κ2) is 60.1. The molecule has 6 nitrogen and oxygen atoms in total. The Morgan fingerprint density at radius 2 is 0.556 bits per heavy atom. The molecule has 0 saturated heterocycles. The lowest BCUT2D eigenvalue weighted by Gasteiger charge is -2.18. The zero-order chi connectivity index (χ0) is 52.2. The van der Waals surface area contributed by atoms with Gasteiger partial charge >= 0.3 is 17.9 Å². The summed E-state index contributed by atoms with van der Waals surface area (Å²) < 4.78 is 16.8. The van der Waals surface area contributed by atoms with Gasteiger partial charge in [0, 0.05) is 19.3 Å². The van der Waals surface area contributed by atoms with Crippen LogP contribution < -0.4 is 0 Å². The van der Waals surface area contributed by atoms with Crippen molar-refractivity contribution in [3.05, 3.63) is 85.1 Å². The first-order chi connectivity index (χ1) is 35.5. The molecule has 0 aliphatic carbocycles. The summed E-state index contributed by atoms with van der Waals surface area (Å²) in [6, 6.07) is 0. The van der Waals surface area contributed by atoms with Gasteiger partial charge in [-0.15, -0.1) is 0 Å².